The minimum atomic E-state index is 0.357. The van der Waals surface area contributed by atoms with Gasteiger partial charge in [-0.1, -0.05) is 13.3 Å². The van der Waals surface area contributed by atoms with Crippen LogP contribution in [0, 0.1) is 5.41 Å². The van der Waals surface area contributed by atoms with Gasteiger partial charge in [0.1, 0.15) is 0 Å². The molecule has 0 bridgehead atoms. The largest absolute Gasteiger partial charge is 0.270 e. The molecular weight excluding hydrogens is 220 g/mol. The van der Waals surface area contributed by atoms with Gasteiger partial charge in [0, 0.05) is 18.1 Å². The van der Waals surface area contributed by atoms with Crippen molar-refractivity contribution in [3.63, 3.8) is 0 Å². The van der Waals surface area contributed by atoms with E-state index >= 15 is 0 Å². The quantitative estimate of drug-likeness (QED) is 0.716. The molecule has 1 aliphatic carbocycles. The Morgan fingerprint density at radius 3 is 2.81 bits per heavy atom. The molecule has 1 heterocycles. The number of nitrogens with zero attached hydrogens (tertiary/aromatic N) is 2. The number of aromatic nitrogens is 2. The molecule has 1 atom stereocenters. The molecule has 1 aromatic rings. The fourth-order valence-electron chi connectivity index (χ4n) is 2.32. The zero-order valence-electron chi connectivity index (χ0n) is 10.2. The molecule has 1 fully saturated rings. The third kappa shape index (κ3) is 2.27. The number of hydrogen-bond acceptors (Lipinski definition) is 1. The maximum atomic E-state index is 6.07. The Morgan fingerprint density at radius 2 is 2.31 bits per heavy atom. The number of hydrogen-bond donors (Lipinski definition) is 0. The predicted molar refractivity (Wildman–Crippen MR) is 67.9 cm³/mol. The van der Waals surface area contributed by atoms with Crippen molar-refractivity contribution in [1.82, 2.24) is 9.78 Å². The SMILES string of the molecule is CCC(C)n1ccc(CC2(CCl)CCC2)n1. The van der Waals surface area contributed by atoms with Crippen LogP contribution in [0.15, 0.2) is 12.3 Å². The van der Waals surface area contributed by atoms with Crippen LogP contribution in [0.4, 0.5) is 0 Å². The Bertz CT molecular complexity index is 336. The highest BCUT2D eigenvalue weighted by Crippen LogP contribution is 2.44. The van der Waals surface area contributed by atoms with Gasteiger partial charge in [0.25, 0.3) is 0 Å². The first-order valence-corrected chi connectivity index (χ1v) is 6.82. The monoisotopic (exact) mass is 240 g/mol. The lowest BCUT2D eigenvalue weighted by Crippen LogP contribution is -2.33. The molecule has 0 aliphatic heterocycles. The Balaban J connectivity index is 2.02. The zero-order valence-corrected chi connectivity index (χ0v) is 11.0. The van der Waals surface area contributed by atoms with E-state index in [1.165, 1.54) is 25.0 Å². The summed E-state index contributed by atoms with van der Waals surface area (Å²) in [6, 6.07) is 2.65. The minimum absolute atomic E-state index is 0.357. The normalized spacial score (nSPS) is 20.4. The van der Waals surface area contributed by atoms with Crippen LogP contribution in [0.1, 0.15) is 51.3 Å². The fraction of sp³-hybridized carbons (Fsp3) is 0.769. The molecule has 16 heavy (non-hydrogen) atoms. The Labute approximate surface area is 103 Å². The van der Waals surface area contributed by atoms with Gasteiger partial charge in [-0.15, -0.1) is 11.6 Å². The first-order chi connectivity index (χ1) is 7.69. The van der Waals surface area contributed by atoms with Crippen LogP contribution < -0.4 is 0 Å². The van der Waals surface area contributed by atoms with Crippen LogP contribution in [-0.2, 0) is 6.42 Å². The highest BCUT2D eigenvalue weighted by atomic mass is 35.5. The molecular formula is C13H21ClN2. The van der Waals surface area contributed by atoms with Gasteiger partial charge in [0.05, 0.1) is 5.69 Å². The van der Waals surface area contributed by atoms with Gasteiger partial charge in [0.15, 0.2) is 0 Å². The predicted octanol–water partition coefficient (Wildman–Crippen LogP) is 3.81. The van der Waals surface area contributed by atoms with Crippen LogP contribution in [0.2, 0.25) is 0 Å². The van der Waals surface area contributed by atoms with E-state index in [1.807, 2.05) is 0 Å². The zero-order chi connectivity index (χ0) is 11.6. The summed E-state index contributed by atoms with van der Waals surface area (Å²) >= 11 is 6.07. The van der Waals surface area contributed by atoms with Crippen LogP contribution >= 0.6 is 11.6 Å². The summed E-state index contributed by atoms with van der Waals surface area (Å²) in [5.41, 5.74) is 1.57. The minimum Gasteiger partial charge on any atom is -0.270 e. The maximum absolute atomic E-state index is 6.07. The topological polar surface area (TPSA) is 17.8 Å². The summed E-state index contributed by atoms with van der Waals surface area (Å²) < 4.78 is 2.08. The molecule has 0 amide bonds. The molecule has 1 aliphatic rings. The molecule has 90 valence electrons. The van der Waals surface area contributed by atoms with Gasteiger partial charge in [-0.25, -0.2) is 0 Å². The molecule has 0 spiro atoms. The van der Waals surface area contributed by atoms with E-state index in [4.69, 9.17) is 11.6 Å². The molecule has 0 radical (unpaired) electrons. The number of halogens is 1. The fourth-order valence-corrected chi connectivity index (χ4v) is 2.68. The molecule has 2 nitrogen and oxygen atoms in total. The number of alkyl halides is 1. The van der Waals surface area contributed by atoms with Crippen LogP contribution in [-0.4, -0.2) is 15.7 Å². The second-order valence-corrected chi connectivity index (χ2v) is 5.48. The molecule has 1 saturated carbocycles. The average molecular weight is 241 g/mol. The summed E-state index contributed by atoms with van der Waals surface area (Å²) in [7, 11) is 0. The van der Waals surface area contributed by atoms with E-state index in [1.54, 1.807) is 0 Å². The Morgan fingerprint density at radius 1 is 1.56 bits per heavy atom. The summed E-state index contributed by atoms with van der Waals surface area (Å²) in [6.07, 6.45) is 8.16. The number of rotatable bonds is 5. The van der Waals surface area contributed by atoms with E-state index in [9.17, 15) is 0 Å². The van der Waals surface area contributed by atoms with E-state index in [0.717, 1.165) is 18.7 Å². The maximum Gasteiger partial charge on any atom is 0.0630 e. The lowest BCUT2D eigenvalue weighted by molar-refractivity contribution is 0.164. The van der Waals surface area contributed by atoms with Crippen molar-refractivity contribution in [3.05, 3.63) is 18.0 Å². The van der Waals surface area contributed by atoms with Crippen LogP contribution in [0.5, 0.6) is 0 Å². The highest BCUT2D eigenvalue weighted by Gasteiger charge is 2.36. The molecule has 1 aromatic heterocycles. The summed E-state index contributed by atoms with van der Waals surface area (Å²) in [5.74, 6) is 0.781. The van der Waals surface area contributed by atoms with E-state index in [0.29, 0.717) is 11.5 Å². The van der Waals surface area contributed by atoms with Crippen LogP contribution in [0.25, 0.3) is 0 Å². The third-order valence-corrected chi connectivity index (χ3v) is 4.53. The van der Waals surface area contributed by atoms with Crippen molar-refractivity contribution in [2.24, 2.45) is 5.41 Å². The third-order valence-electron chi connectivity index (χ3n) is 3.96. The van der Waals surface area contributed by atoms with E-state index in [2.05, 4.69) is 35.9 Å². The van der Waals surface area contributed by atoms with Gasteiger partial charge >= 0.3 is 0 Å². The van der Waals surface area contributed by atoms with Crippen molar-refractivity contribution in [3.8, 4) is 0 Å². The van der Waals surface area contributed by atoms with Crippen molar-refractivity contribution in [1.29, 1.82) is 0 Å². The van der Waals surface area contributed by atoms with Gasteiger partial charge in [-0.05, 0) is 44.1 Å². The molecule has 0 aromatic carbocycles. The smallest absolute Gasteiger partial charge is 0.0630 e. The molecule has 3 heteroatoms. The van der Waals surface area contributed by atoms with E-state index < -0.39 is 0 Å². The Hall–Kier alpha value is -0.500. The van der Waals surface area contributed by atoms with Gasteiger partial charge in [0.2, 0.25) is 0 Å². The van der Waals surface area contributed by atoms with Gasteiger partial charge in [-0.2, -0.15) is 5.10 Å². The van der Waals surface area contributed by atoms with Crippen molar-refractivity contribution >= 4 is 11.6 Å². The van der Waals surface area contributed by atoms with Crippen molar-refractivity contribution in [2.75, 3.05) is 5.88 Å². The molecule has 1 unspecified atom stereocenters. The first-order valence-electron chi connectivity index (χ1n) is 6.29. The summed E-state index contributed by atoms with van der Waals surface area (Å²) in [6.45, 7) is 4.40. The van der Waals surface area contributed by atoms with Gasteiger partial charge in [-0.3, -0.25) is 4.68 Å². The lowest BCUT2D eigenvalue weighted by Gasteiger charge is -2.39. The van der Waals surface area contributed by atoms with E-state index in [-0.39, 0.29) is 0 Å². The second kappa shape index (κ2) is 4.79. The van der Waals surface area contributed by atoms with Crippen molar-refractivity contribution in [2.45, 2.75) is 52.0 Å². The second-order valence-electron chi connectivity index (χ2n) is 5.21. The standard InChI is InChI=1S/C13H21ClN2/c1-3-11(2)16-8-5-12(15-16)9-13(10-14)6-4-7-13/h5,8,11H,3-4,6-7,9-10H2,1-2H3. The lowest BCUT2D eigenvalue weighted by atomic mass is 9.67. The van der Waals surface area contributed by atoms with Gasteiger partial charge < -0.3 is 0 Å². The molecule has 0 N–H and O–H groups in total. The summed E-state index contributed by atoms with van der Waals surface area (Å²) in [5, 5.41) is 4.65. The first kappa shape index (κ1) is 12.0. The molecule has 2 rings (SSSR count). The average Bonchev–Trinajstić information content (AvgIpc) is 2.70. The Kier molecular flexibility index (Phi) is 3.58. The highest BCUT2D eigenvalue weighted by molar-refractivity contribution is 6.18. The summed E-state index contributed by atoms with van der Waals surface area (Å²) in [4.78, 5) is 0. The molecule has 0 saturated heterocycles. The van der Waals surface area contributed by atoms with Crippen molar-refractivity contribution < 1.29 is 0 Å². The van der Waals surface area contributed by atoms with Crippen LogP contribution in [0.3, 0.4) is 0 Å².